The lowest BCUT2D eigenvalue weighted by molar-refractivity contribution is 0.251. The quantitative estimate of drug-likeness (QED) is 0.787. The third kappa shape index (κ3) is 4.61. The molecule has 3 N–H and O–H groups in total. The number of nitrogens with one attached hydrogen (secondary N) is 2. The van der Waals surface area contributed by atoms with E-state index in [1.54, 1.807) is 12.1 Å². The van der Waals surface area contributed by atoms with Crippen LogP contribution < -0.4 is 15.5 Å². The van der Waals surface area contributed by atoms with Crippen molar-refractivity contribution in [3.8, 4) is 0 Å². The summed E-state index contributed by atoms with van der Waals surface area (Å²) >= 11 is 6.00. The molecule has 2 aromatic carbocycles. The molecule has 0 radical (unpaired) electrons. The summed E-state index contributed by atoms with van der Waals surface area (Å²) in [5.41, 5.74) is 3.17. The highest BCUT2D eigenvalue weighted by atomic mass is 35.5. The van der Waals surface area contributed by atoms with Crippen molar-refractivity contribution >= 4 is 29.0 Å². The minimum atomic E-state index is -0.330. The van der Waals surface area contributed by atoms with Crippen LogP contribution in [-0.4, -0.2) is 25.2 Å². The number of carbonyl (C=O) groups excluding carboxylic acids is 1. The fraction of sp³-hybridized carbons (Fsp3) is 0.235. The third-order valence-corrected chi connectivity index (χ3v) is 3.65. The Kier molecular flexibility index (Phi) is 5.84. The minimum absolute atomic E-state index is 0.0570. The average molecular weight is 334 g/mol. The molecule has 0 saturated carbocycles. The number of aliphatic hydroxyl groups excluding tert-OH is 1. The van der Waals surface area contributed by atoms with Crippen LogP contribution in [-0.2, 0) is 13.2 Å². The highest BCUT2D eigenvalue weighted by Gasteiger charge is 2.09. The number of urea groups is 1. The second-order valence-electron chi connectivity index (χ2n) is 5.29. The fourth-order valence-corrected chi connectivity index (χ4v) is 2.40. The minimum Gasteiger partial charge on any atom is -0.392 e. The van der Waals surface area contributed by atoms with Crippen molar-refractivity contribution < 1.29 is 9.90 Å². The van der Waals surface area contributed by atoms with Gasteiger partial charge in [0.25, 0.3) is 0 Å². The van der Waals surface area contributed by atoms with E-state index in [4.69, 9.17) is 11.6 Å². The zero-order valence-electron chi connectivity index (χ0n) is 13.1. The van der Waals surface area contributed by atoms with Crippen molar-refractivity contribution in [3.63, 3.8) is 0 Å². The Morgan fingerprint density at radius 2 is 1.87 bits per heavy atom. The largest absolute Gasteiger partial charge is 0.392 e. The van der Waals surface area contributed by atoms with Gasteiger partial charge in [0.2, 0.25) is 0 Å². The number of halogens is 1. The Morgan fingerprint density at radius 1 is 1.17 bits per heavy atom. The molecule has 0 atom stereocenters. The maximum Gasteiger partial charge on any atom is 0.319 e. The van der Waals surface area contributed by atoms with E-state index in [-0.39, 0.29) is 12.6 Å². The van der Waals surface area contributed by atoms with Gasteiger partial charge in [0.1, 0.15) is 0 Å². The van der Waals surface area contributed by atoms with Crippen LogP contribution in [0, 0.1) is 0 Å². The first kappa shape index (κ1) is 17.1. The van der Waals surface area contributed by atoms with Crippen LogP contribution in [0.2, 0.25) is 5.02 Å². The van der Waals surface area contributed by atoms with E-state index < -0.39 is 0 Å². The summed E-state index contributed by atoms with van der Waals surface area (Å²) in [4.78, 5) is 14.0. The van der Waals surface area contributed by atoms with Crippen LogP contribution >= 0.6 is 11.6 Å². The Labute approximate surface area is 140 Å². The smallest absolute Gasteiger partial charge is 0.319 e. The van der Waals surface area contributed by atoms with Crippen molar-refractivity contribution in [3.05, 3.63) is 58.6 Å². The normalized spacial score (nSPS) is 10.3. The molecule has 23 heavy (non-hydrogen) atoms. The molecule has 2 aromatic rings. The van der Waals surface area contributed by atoms with E-state index >= 15 is 0 Å². The molecule has 2 rings (SSSR count). The number of anilines is 2. The lowest BCUT2D eigenvalue weighted by Gasteiger charge is -2.18. The van der Waals surface area contributed by atoms with Crippen molar-refractivity contribution in [2.45, 2.75) is 13.2 Å². The maximum absolute atomic E-state index is 12.1. The zero-order chi connectivity index (χ0) is 16.8. The summed E-state index contributed by atoms with van der Waals surface area (Å²) in [5.74, 6) is 0. The van der Waals surface area contributed by atoms with E-state index in [9.17, 15) is 9.90 Å². The van der Waals surface area contributed by atoms with Gasteiger partial charge in [-0.05, 0) is 29.3 Å². The molecule has 0 spiro atoms. The number of benzene rings is 2. The first-order valence-corrected chi connectivity index (χ1v) is 7.58. The van der Waals surface area contributed by atoms with Gasteiger partial charge in [0.05, 0.1) is 18.0 Å². The molecule has 0 aliphatic carbocycles. The second kappa shape index (κ2) is 7.85. The monoisotopic (exact) mass is 333 g/mol. The van der Waals surface area contributed by atoms with Gasteiger partial charge in [-0.1, -0.05) is 35.9 Å². The van der Waals surface area contributed by atoms with Crippen LogP contribution in [0.25, 0.3) is 0 Å². The average Bonchev–Trinajstić information content (AvgIpc) is 2.53. The summed E-state index contributed by atoms with van der Waals surface area (Å²) in [5, 5.41) is 15.4. The molecule has 0 unspecified atom stereocenters. The van der Waals surface area contributed by atoms with Gasteiger partial charge in [-0.15, -0.1) is 0 Å². The van der Waals surface area contributed by atoms with Crippen LogP contribution in [0.5, 0.6) is 0 Å². The first-order chi connectivity index (χ1) is 11.0. The number of amides is 2. The number of hydrogen-bond acceptors (Lipinski definition) is 3. The van der Waals surface area contributed by atoms with E-state index in [0.717, 1.165) is 16.8 Å². The number of hydrogen-bond donors (Lipinski definition) is 3. The standard InChI is InChI=1S/C17H20ClN3O2/c1-21(2)16-8-7-14(18)9-15(16)20-17(23)19-10-12-5-3-4-6-13(12)11-22/h3-9,22H,10-11H2,1-2H3,(H2,19,20,23). The molecule has 0 aromatic heterocycles. The second-order valence-corrected chi connectivity index (χ2v) is 5.73. The molecule has 0 bridgehead atoms. The van der Waals surface area contributed by atoms with Crippen molar-refractivity contribution in [1.29, 1.82) is 0 Å². The lowest BCUT2D eigenvalue weighted by Crippen LogP contribution is -2.29. The molecule has 0 saturated heterocycles. The highest BCUT2D eigenvalue weighted by Crippen LogP contribution is 2.27. The topological polar surface area (TPSA) is 64.6 Å². The predicted molar refractivity (Wildman–Crippen MR) is 94.0 cm³/mol. The SMILES string of the molecule is CN(C)c1ccc(Cl)cc1NC(=O)NCc1ccccc1CO. The van der Waals surface area contributed by atoms with Crippen LogP contribution in [0.4, 0.5) is 16.2 Å². The molecular weight excluding hydrogens is 314 g/mol. The molecule has 0 aliphatic heterocycles. The Balaban J connectivity index is 2.04. The van der Waals surface area contributed by atoms with E-state index in [0.29, 0.717) is 17.3 Å². The van der Waals surface area contributed by atoms with Crippen LogP contribution in [0.15, 0.2) is 42.5 Å². The fourth-order valence-electron chi connectivity index (χ4n) is 2.22. The summed E-state index contributed by atoms with van der Waals surface area (Å²) in [7, 11) is 3.79. The molecule has 5 nitrogen and oxygen atoms in total. The first-order valence-electron chi connectivity index (χ1n) is 7.20. The van der Waals surface area contributed by atoms with E-state index in [2.05, 4.69) is 10.6 Å². The van der Waals surface area contributed by atoms with E-state index in [1.807, 2.05) is 49.3 Å². The highest BCUT2D eigenvalue weighted by molar-refractivity contribution is 6.31. The van der Waals surface area contributed by atoms with Gasteiger partial charge >= 0.3 is 6.03 Å². The zero-order valence-corrected chi connectivity index (χ0v) is 13.9. The maximum atomic E-state index is 12.1. The molecule has 0 fully saturated rings. The molecule has 0 aliphatic rings. The van der Waals surface area contributed by atoms with Crippen LogP contribution in [0.3, 0.4) is 0 Å². The van der Waals surface area contributed by atoms with Gasteiger partial charge in [0, 0.05) is 25.7 Å². The lowest BCUT2D eigenvalue weighted by atomic mass is 10.1. The Bertz CT molecular complexity index is 689. The molecule has 2 amide bonds. The molecular formula is C17H20ClN3O2. The number of carbonyl (C=O) groups is 1. The van der Waals surface area contributed by atoms with Gasteiger partial charge in [-0.25, -0.2) is 4.79 Å². The Morgan fingerprint density at radius 3 is 2.52 bits per heavy atom. The van der Waals surface area contributed by atoms with Crippen molar-refractivity contribution in [2.24, 2.45) is 0 Å². The summed E-state index contributed by atoms with van der Waals surface area (Å²) in [6.07, 6.45) is 0. The molecule has 122 valence electrons. The molecule has 6 heteroatoms. The summed E-state index contributed by atoms with van der Waals surface area (Å²) in [6.45, 7) is 0.277. The van der Waals surface area contributed by atoms with Gasteiger partial charge in [0.15, 0.2) is 0 Å². The van der Waals surface area contributed by atoms with Crippen LogP contribution in [0.1, 0.15) is 11.1 Å². The third-order valence-electron chi connectivity index (χ3n) is 3.42. The summed E-state index contributed by atoms with van der Waals surface area (Å²) in [6, 6.07) is 12.4. The van der Waals surface area contributed by atoms with Crippen molar-refractivity contribution in [1.82, 2.24) is 5.32 Å². The van der Waals surface area contributed by atoms with Gasteiger partial charge in [-0.2, -0.15) is 0 Å². The molecule has 0 heterocycles. The van der Waals surface area contributed by atoms with Gasteiger partial charge < -0.3 is 20.6 Å². The summed E-state index contributed by atoms with van der Waals surface area (Å²) < 4.78 is 0. The Hall–Kier alpha value is -2.24. The number of rotatable bonds is 5. The van der Waals surface area contributed by atoms with E-state index in [1.165, 1.54) is 0 Å². The number of nitrogens with zero attached hydrogens (tertiary/aromatic N) is 1. The number of aliphatic hydroxyl groups is 1. The van der Waals surface area contributed by atoms with Crippen molar-refractivity contribution in [2.75, 3.05) is 24.3 Å². The van der Waals surface area contributed by atoms with Gasteiger partial charge in [-0.3, -0.25) is 0 Å². The predicted octanol–water partition coefficient (Wildman–Crippen LogP) is 3.22.